The molecule has 1 saturated heterocycles. The Kier molecular flexibility index (Phi) is 8.97. The Bertz CT molecular complexity index is 1710. The summed E-state index contributed by atoms with van der Waals surface area (Å²) in [6.07, 6.45) is 4.21. The van der Waals surface area contributed by atoms with Crippen molar-refractivity contribution in [3.63, 3.8) is 0 Å². The predicted molar refractivity (Wildman–Crippen MR) is 161 cm³/mol. The van der Waals surface area contributed by atoms with Crippen LogP contribution in [0.5, 0.6) is 5.75 Å². The minimum absolute atomic E-state index is 0.169. The third kappa shape index (κ3) is 6.43. The number of aromatic carboxylic acids is 1. The Hall–Kier alpha value is -4.36. The van der Waals surface area contributed by atoms with E-state index in [0.717, 1.165) is 30.9 Å². The number of nitrogens with zero attached hydrogens (tertiary/aromatic N) is 6. The fourth-order valence-electron chi connectivity index (χ4n) is 5.33. The Labute approximate surface area is 255 Å². The summed E-state index contributed by atoms with van der Waals surface area (Å²) < 4.78 is 50.8. The number of aromatic nitrogens is 3. The van der Waals surface area contributed by atoms with Crippen LogP contribution >= 0.6 is 11.6 Å². The molecule has 44 heavy (non-hydrogen) atoms. The van der Waals surface area contributed by atoms with E-state index in [-0.39, 0.29) is 24.3 Å². The average Bonchev–Trinajstić information content (AvgIpc) is 3.00. The van der Waals surface area contributed by atoms with Crippen LogP contribution in [-0.2, 0) is 6.54 Å². The van der Waals surface area contributed by atoms with Crippen LogP contribution in [0.4, 0.5) is 24.8 Å². The van der Waals surface area contributed by atoms with Crippen LogP contribution in [0.2, 0.25) is 0 Å². The van der Waals surface area contributed by atoms with Crippen LogP contribution in [0.25, 0.3) is 16.6 Å². The molecule has 4 aromatic rings. The third-order valence-electron chi connectivity index (χ3n) is 7.57. The van der Waals surface area contributed by atoms with Crippen molar-refractivity contribution in [1.82, 2.24) is 19.4 Å². The van der Waals surface area contributed by atoms with Crippen molar-refractivity contribution >= 4 is 40.1 Å². The summed E-state index contributed by atoms with van der Waals surface area (Å²) >= 11 is 5.24. The van der Waals surface area contributed by atoms with Gasteiger partial charge in [0, 0.05) is 68.6 Å². The second-order valence-electron chi connectivity index (χ2n) is 10.2. The molecule has 2 aromatic carbocycles. The molecule has 1 aliphatic heterocycles. The number of fused-ring (bicyclic) bond motifs is 1. The van der Waals surface area contributed by atoms with E-state index in [2.05, 4.69) is 14.9 Å². The van der Waals surface area contributed by atoms with E-state index in [1.54, 1.807) is 30.6 Å². The molecule has 0 radical (unpaired) electrons. The first-order valence-electron chi connectivity index (χ1n) is 14.0. The number of ether oxygens (including phenoxy) is 1. The maximum atomic E-state index is 15.9. The lowest BCUT2D eigenvalue weighted by Crippen LogP contribution is -2.47. The Morgan fingerprint density at radius 3 is 2.25 bits per heavy atom. The van der Waals surface area contributed by atoms with Crippen LogP contribution in [-0.4, -0.2) is 75.3 Å². The number of hydrogen-bond donors (Lipinski definition) is 1. The lowest BCUT2D eigenvalue weighted by molar-refractivity contribution is -0.0955. The van der Waals surface area contributed by atoms with Gasteiger partial charge in [-0.05, 0) is 42.9 Å². The van der Waals surface area contributed by atoms with E-state index >= 15 is 4.39 Å². The molecule has 5 rings (SSSR count). The van der Waals surface area contributed by atoms with E-state index in [1.165, 1.54) is 9.47 Å². The lowest BCUT2D eigenvalue weighted by atomic mass is 10.1. The first-order valence-corrected chi connectivity index (χ1v) is 14.4. The molecule has 1 aliphatic rings. The van der Waals surface area contributed by atoms with Gasteiger partial charge in [-0.2, -0.15) is 0 Å². The molecule has 0 saturated carbocycles. The van der Waals surface area contributed by atoms with Gasteiger partial charge in [-0.15, -0.1) is 8.78 Å². The zero-order chi connectivity index (χ0) is 31.6. The number of carboxylic acids is 1. The molecule has 0 unspecified atom stereocenters. The second-order valence-corrected chi connectivity index (χ2v) is 10.6. The van der Waals surface area contributed by atoms with Crippen molar-refractivity contribution in [2.75, 3.05) is 49.1 Å². The van der Waals surface area contributed by atoms with E-state index in [4.69, 9.17) is 16.3 Å². The normalized spacial score (nSPS) is 14.0. The number of benzene rings is 2. The quantitative estimate of drug-likeness (QED) is 0.244. The number of carboxylic acid groups (broad SMARTS) is 1. The first kappa shape index (κ1) is 31.1. The van der Waals surface area contributed by atoms with Gasteiger partial charge in [-0.25, -0.2) is 19.2 Å². The molecule has 0 amide bonds. The van der Waals surface area contributed by atoms with E-state index in [9.17, 15) is 23.5 Å². The van der Waals surface area contributed by atoms with Crippen LogP contribution in [0.15, 0.2) is 59.8 Å². The van der Waals surface area contributed by atoms with Crippen molar-refractivity contribution in [3.05, 3.63) is 82.2 Å². The second kappa shape index (κ2) is 12.7. The monoisotopic (exact) mass is 630 g/mol. The molecule has 0 aliphatic carbocycles. The molecule has 0 bridgehead atoms. The molecule has 2 aromatic heterocycles. The molecule has 0 spiro atoms. The van der Waals surface area contributed by atoms with E-state index < -0.39 is 39.5 Å². The molecule has 1 fully saturated rings. The number of piperazine rings is 1. The number of hydrogen-bond acceptors (Lipinski definition) is 8. The summed E-state index contributed by atoms with van der Waals surface area (Å²) in [5.74, 6) is -2.82. The number of pyridine rings is 1. The zero-order valence-electron chi connectivity index (χ0n) is 24.0. The lowest BCUT2D eigenvalue weighted by Gasteiger charge is -2.37. The van der Waals surface area contributed by atoms with Crippen LogP contribution in [0.1, 0.15) is 29.8 Å². The molecule has 3 heterocycles. The van der Waals surface area contributed by atoms with Gasteiger partial charge < -0.3 is 24.2 Å². The SMILES string of the molecule is CCN(CC)Cc1ccc(-n2cc(C(=O)O)c(=O)c3cc(F)c(N4CCN(c5ncccn5)CC4)c(OC(F)(F)Cl)c32)cc1. The first-order chi connectivity index (χ1) is 21.0. The van der Waals surface area contributed by atoms with Crippen molar-refractivity contribution in [1.29, 1.82) is 0 Å². The highest BCUT2D eigenvalue weighted by Gasteiger charge is 2.35. The maximum Gasteiger partial charge on any atom is 0.487 e. The summed E-state index contributed by atoms with van der Waals surface area (Å²) in [4.78, 5) is 39.3. The van der Waals surface area contributed by atoms with Crippen molar-refractivity contribution < 1.29 is 27.8 Å². The van der Waals surface area contributed by atoms with Crippen LogP contribution in [0.3, 0.4) is 0 Å². The van der Waals surface area contributed by atoms with Crippen LogP contribution < -0.4 is 20.0 Å². The molecule has 14 heteroatoms. The average molecular weight is 631 g/mol. The van der Waals surface area contributed by atoms with Gasteiger partial charge in [-0.3, -0.25) is 9.69 Å². The summed E-state index contributed by atoms with van der Waals surface area (Å²) in [5, 5.41) is 9.34. The Morgan fingerprint density at radius 2 is 1.68 bits per heavy atom. The third-order valence-corrected chi connectivity index (χ3v) is 7.64. The van der Waals surface area contributed by atoms with Gasteiger partial charge in [0.1, 0.15) is 16.8 Å². The van der Waals surface area contributed by atoms with E-state index in [1.807, 2.05) is 30.9 Å². The fraction of sp³-hybridized carbons (Fsp3) is 0.333. The van der Waals surface area contributed by atoms with Gasteiger partial charge >= 0.3 is 11.5 Å². The molecular weight excluding hydrogens is 601 g/mol. The number of alkyl halides is 3. The molecule has 232 valence electrons. The largest absolute Gasteiger partial charge is 0.487 e. The summed E-state index contributed by atoms with van der Waals surface area (Å²) in [7, 11) is 0. The highest BCUT2D eigenvalue weighted by atomic mass is 35.5. The van der Waals surface area contributed by atoms with Crippen LogP contribution in [0, 0.1) is 5.82 Å². The number of anilines is 2. The molecular formula is C30H30ClF3N6O4. The Balaban J connectivity index is 1.68. The van der Waals surface area contributed by atoms with Gasteiger partial charge in [0.15, 0.2) is 11.6 Å². The number of carbonyl (C=O) groups is 1. The summed E-state index contributed by atoms with van der Waals surface area (Å²) in [6, 6.07) is 9.48. The molecule has 1 N–H and O–H groups in total. The highest BCUT2D eigenvalue weighted by Crippen LogP contribution is 2.43. The molecule has 10 nitrogen and oxygen atoms in total. The number of halogens is 4. The zero-order valence-corrected chi connectivity index (χ0v) is 24.8. The van der Waals surface area contributed by atoms with Crippen molar-refractivity contribution in [2.24, 2.45) is 0 Å². The standard InChI is InChI=1S/C30H30ClF3N6O4/c1-3-37(4-2)17-19-6-8-20(9-7-19)40-18-22(28(42)43)26(41)21-16-23(32)25(27(24(21)40)44-30(31,33)34)38-12-14-39(15-13-38)29-35-10-5-11-36-29/h5-11,16,18H,3-4,12-15,17H2,1-2H3,(H,42,43). The fourth-order valence-corrected chi connectivity index (χ4v) is 5.41. The minimum Gasteiger partial charge on any atom is -0.477 e. The van der Waals surface area contributed by atoms with Crippen molar-refractivity contribution in [3.8, 4) is 11.4 Å². The molecule has 0 atom stereocenters. The highest BCUT2D eigenvalue weighted by molar-refractivity contribution is 6.21. The summed E-state index contributed by atoms with van der Waals surface area (Å²) in [5.41, 5.74) is -5.29. The summed E-state index contributed by atoms with van der Waals surface area (Å²) in [6.45, 7) is 7.40. The maximum absolute atomic E-state index is 15.9. The minimum atomic E-state index is -4.28. The van der Waals surface area contributed by atoms with Gasteiger partial charge in [-0.1, -0.05) is 26.0 Å². The predicted octanol–water partition coefficient (Wildman–Crippen LogP) is 4.95. The Morgan fingerprint density at radius 1 is 1.07 bits per heavy atom. The van der Waals surface area contributed by atoms with Gasteiger partial charge in [0.2, 0.25) is 11.4 Å². The topological polar surface area (TPSA) is 104 Å². The van der Waals surface area contributed by atoms with Crippen molar-refractivity contribution in [2.45, 2.75) is 26.0 Å². The smallest absolute Gasteiger partial charge is 0.477 e. The van der Waals surface area contributed by atoms with E-state index in [0.29, 0.717) is 31.3 Å². The van der Waals surface area contributed by atoms with Gasteiger partial charge in [0.05, 0.1) is 5.39 Å². The number of rotatable bonds is 10. The van der Waals surface area contributed by atoms with Gasteiger partial charge in [0.25, 0.3) is 0 Å².